The minimum Gasteiger partial charge on any atom is -0.550 e. The molecule has 0 bridgehead atoms. The van der Waals surface area contributed by atoms with E-state index in [4.69, 9.17) is 17.3 Å². The fourth-order valence-corrected chi connectivity index (χ4v) is 5.39. The van der Waals surface area contributed by atoms with Crippen molar-refractivity contribution < 1.29 is 14.7 Å². The van der Waals surface area contributed by atoms with Gasteiger partial charge in [-0.2, -0.15) is 5.10 Å². The van der Waals surface area contributed by atoms with Crippen molar-refractivity contribution in [3.05, 3.63) is 64.5 Å². The van der Waals surface area contributed by atoms with Crippen LogP contribution < -0.4 is 5.11 Å². The second kappa shape index (κ2) is 10.2. The van der Waals surface area contributed by atoms with Crippen molar-refractivity contribution >= 4 is 57.6 Å². The Morgan fingerprint density at radius 1 is 1.12 bits per heavy atom. The molecule has 0 N–H and O–H groups in total. The molecule has 0 aliphatic carbocycles. The van der Waals surface area contributed by atoms with Gasteiger partial charge >= 0.3 is 0 Å². The van der Waals surface area contributed by atoms with Crippen LogP contribution in [-0.4, -0.2) is 37.4 Å². The van der Waals surface area contributed by atoms with Gasteiger partial charge in [-0.3, -0.25) is 9.69 Å². The number of hydrogen-bond donors (Lipinski definition) is 0. The van der Waals surface area contributed by atoms with Gasteiger partial charge in [-0.05, 0) is 48.9 Å². The van der Waals surface area contributed by atoms with Crippen molar-refractivity contribution in [2.75, 3.05) is 6.54 Å². The number of amides is 1. The van der Waals surface area contributed by atoms with Gasteiger partial charge in [0.2, 0.25) is 0 Å². The van der Waals surface area contributed by atoms with Gasteiger partial charge in [-0.15, -0.1) is 11.3 Å². The summed E-state index contributed by atoms with van der Waals surface area (Å²) in [5, 5.41) is 17.3. The summed E-state index contributed by atoms with van der Waals surface area (Å²) in [7, 11) is 0. The normalized spacial score (nSPS) is 15.1. The molecule has 1 saturated heterocycles. The highest BCUT2D eigenvalue weighted by atomic mass is 32.2. The van der Waals surface area contributed by atoms with Crippen molar-refractivity contribution in [1.82, 2.24) is 14.7 Å². The largest absolute Gasteiger partial charge is 0.550 e. The van der Waals surface area contributed by atoms with Crippen molar-refractivity contribution in [2.45, 2.75) is 25.7 Å². The second-order valence-corrected chi connectivity index (χ2v) is 9.83. The quantitative estimate of drug-likeness (QED) is 0.259. The Morgan fingerprint density at radius 2 is 1.94 bits per heavy atom. The van der Waals surface area contributed by atoms with E-state index >= 15 is 0 Å². The molecule has 1 aliphatic rings. The number of para-hydroxylation sites is 1. The van der Waals surface area contributed by atoms with Crippen LogP contribution in [0.5, 0.6) is 0 Å². The molecule has 9 heteroatoms. The second-order valence-electron chi connectivity index (χ2n) is 7.21. The molecule has 0 saturated carbocycles. The van der Waals surface area contributed by atoms with Crippen molar-refractivity contribution in [3.8, 4) is 16.3 Å². The maximum atomic E-state index is 13.0. The predicted molar refractivity (Wildman–Crippen MR) is 130 cm³/mol. The highest BCUT2D eigenvalue weighted by Gasteiger charge is 2.32. The Morgan fingerprint density at radius 3 is 2.66 bits per heavy atom. The van der Waals surface area contributed by atoms with E-state index < -0.39 is 5.97 Å². The zero-order valence-corrected chi connectivity index (χ0v) is 19.5. The first-order valence-corrected chi connectivity index (χ1v) is 12.3. The number of aliphatic carboxylic acids is 1. The summed E-state index contributed by atoms with van der Waals surface area (Å²) >= 11 is 8.31. The van der Waals surface area contributed by atoms with E-state index in [1.807, 2.05) is 64.8 Å². The lowest BCUT2D eigenvalue weighted by Gasteiger charge is -2.14. The van der Waals surface area contributed by atoms with E-state index in [1.165, 1.54) is 11.8 Å². The zero-order chi connectivity index (χ0) is 22.5. The third-order valence-electron chi connectivity index (χ3n) is 4.94. The van der Waals surface area contributed by atoms with Gasteiger partial charge in [-0.1, -0.05) is 54.7 Å². The summed E-state index contributed by atoms with van der Waals surface area (Å²) in [6, 6.07) is 13.8. The number of thioether (sulfide) groups is 1. The fourth-order valence-electron chi connectivity index (χ4n) is 3.36. The number of carboxylic acid groups (broad SMARTS) is 1. The minimum absolute atomic E-state index is 0.0369. The molecule has 3 aromatic rings. The lowest BCUT2D eigenvalue weighted by Crippen LogP contribution is -2.29. The van der Waals surface area contributed by atoms with Crippen LogP contribution in [0.1, 0.15) is 31.2 Å². The van der Waals surface area contributed by atoms with E-state index in [9.17, 15) is 14.7 Å². The van der Waals surface area contributed by atoms with Gasteiger partial charge in [0.15, 0.2) is 0 Å². The lowest BCUT2D eigenvalue weighted by atomic mass is 10.2. The molecule has 2 aromatic heterocycles. The fraction of sp³-hybridized carbons (Fsp3) is 0.217. The predicted octanol–water partition coefficient (Wildman–Crippen LogP) is 4.11. The molecule has 1 aromatic carbocycles. The molecular weight excluding hydrogens is 462 g/mol. The van der Waals surface area contributed by atoms with Crippen molar-refractivity contribution in [3.63, 3.8) is 0 Å². The Hall–Kier alpha value is -2.75. The summed E-state index contributed by atoms with van der Waals surface area (Å²) in [5.41, 5.74) is 2.61. The highest BCUT2D eigenvalue weighted by Crippen LogP contribution is 2.36. The number of thiophene rings is 1. The van der Waals surface area contributed by atoms with Crippen LogP contribution in [0.4, 0.5) is 0 Å². The number of rotatable bonds is 9. The molecule has 0 atom stereocenters. The molecule has 32 heavy (non-hydrogen) atoms. The number of nitrogens with zero attached hydrogens (tertiary/aromatic N) is 3. The van der Waals surface area contributed by atoms with Crippen LogP contribution in [0, 0.1) is 0 Å². The van der Waals surface area contributed by atoms with Crippen LogP contribution in [0.15, 0.2) is 58.9 Å². The molecule has 6 nitrogen and oxygen atoms in total. The molecule has 3 heterocycles. The third kappa shape index (κ3) is 5.17. The number of aromatic nitrogens is 2. The molecule has 1 aliphatic heterocycles. The number of carboxylic acids is 1. The summed E-state index contributed by atoms with van der Waals surface area (Å²) in [4.78, 5) is 26.7. The monoisotopic (exact) mass is 482 g/mol. The molecule has 164 valence electrons. The maximum absolute atomic E-state index is 13.0. The van der Waals surface area contributed by atoms with E-state index in [0.29, 0.717) is 35.0 Å². The Kier molecular flexibility index (Phi) is 7.19. The van der Waals surface area contributed by atoms with Crippen LogP contribution in [0.25, 0.3) is 22.3 Å². The van der Waals surface area contributed by atoms with Crippen LogP contribution in [0.2, 0.25) is 0 Å². The molecule has 4 rings (SSSR count). The number of unbranched alkanes of at least 4 members (excludes halogenated alkanes) is 2. The summed E-state index contributed by atoms with van der Waals surface area (Å²) < 4.78 is 2.34. The number of thiocarbonyl (C=S) groups is 1. The molecule has 1 amide bonds. The van der Waals surface area contributed by atoms with Crippen LogP contribution >= 0.6 is 35.3 Å². The van der Waals surface area contributed by atoms with Gasteiger partial charge < -0.3 is 9.90 Å². The number of hydrogen-bond acceptors (Lipinski definition) is 7. The van der Waals surface area contributed by atoms with Gasteiger partial charge in [0.25, 0.3) is 5.91 Å². The highest BCUT2D eigenvalue weighted by molar-refractivity contribution is 8.26. The Labute approximate surface area is 199 Å². The average molecular weight is 483 g/mol. The van der Waals surface area contributed by atoms with Crippen LogP contribution in [0.3, 0.4) is 0 Å². The van der Waals surface area contributed by atoms with Gasteiger partial charge in [0, 0.05) is 24.3 Å². The zero-order valence-electron chi connectivity index (χ0n) is 17.1. The maximum Gasteiger partial charge on any atom is 0.266 e. The number of benzene rings is 1. The lowest BCUT2D eigenvalue weighted by molar-refractivity contribution is -0.305. The average Bonchev–Trinajstić information content (AvgIpc) is 3.50. The van der Waals surface area contributed by atoms with E-state index in [1.54, 1.807) is 16.2 Å². The summed E-state index contributed by atoms with van der Waals surface area (Å²) in [6.45, 7) is 0.482. The summed E-state index contributed by atoms with van der Waals surface area (Å²) in [6.07, 6.45) is 5.76. The minimum atomic E-state index is -1.05. The summed E-state index contributed by atoms with van der Waals surface area (Å²) in [5.74, 6) is -1.17. The molecule has 0 unspecified atom stereocenters. The van der Waals surface area contributed by atoms with Gasteiger partial charge in [0.05, 0.1) is 15.5 Å². The number of carbonyl (C=O) groups is 2. The van der Waals surface area contributed by atoms with Gasteiger partial charge in [-0.25, -0.2) is 4.68 Å². The van der Waals surface area contributed by atoms with E-state index in [2.05, 4.69) is 0 Å². The van der Waals surface area contributed by atoms with E-state index in [0.717, 1.165) is 21.8 Å². The van der Waals surface area contributed by atoms with Crippen LogP contribution in [-0.2, 0) is 9.59 Å². The first kappa shape index (κ1) is 22.4. The van der Waals surface area contributed by atoms with E-state index in [-0.39, 0.29) is 12.3 Å². The first-order valence-electron chi connectivity index (χ1n) is 10.2. The van der Waals surface area contributed by atoms with Crippen molar-refractivity contribution in [2.24, 2.45) is 0 Å². The third-order valence-corrected chi connectivity index (χ3v) is 7.20. The standard InChI is InChI=1S/C23H21N3O3S3/c27-20(28)11-5-2-6-12-25-22(29)19(32-23(25)30)14-16-15-26(17-8-3-1-4-9-17)24-21(16)18-10-7-13-31-18/h1,3-4,7-10,13-15H,2,5-6,11-12H2,(H,27,28)/p-1/b19-14+. The Balaban J connectivity index is 1.55. The number of carbonyl (C=O) groups excluding carboxylic acids is 2. The first-order chi connectivity index (χ1) is 15.5. The smallest absolute Gasteiger partial charge is 0.266 e. The van der Waals surface area contributed by atoms with Crippen molar-refractivity contribution in [1.29, 1.82) is 0 Å². The Bertz CT molecular complexity index is 1150. The molecule has 0 radical (unpaired) electrons. The molecular formula is C23H20N3O3S3-. The molecule has 1 fully saturated rings. The SMILES string of the molecule is O=C([O-])CCCCCN1C(=O)/C(=C\c2cn(-c3ccccc3)nc2-c2cccs2)SC1=S. The molecule has 0 spiro atoms. The van der Waals surface area contributed by atoms with Gasteiger partial charge in [0.1, 0.15) is 10.0 Å². The topological polar surface area (TPSA) is 78.3 Å².